The van der Waals surface area contributed by atoms with Gasteiger partial charge in [-0.2, -0.15) is 0 Å². The van der Waals surface area contributed by atoms with Gasteiger partial charge in [0, 0.05) is 30.3 Å². The number of halogens is 1. The molecule has 0 saturated heterocycles. The summed E-state index contributed by atoms with van der Waals surface area (Å²) in [5, 5.41) is 4.14. The maximum atomic E-state index is 6.36. The number of nitrogens with zero attached hydrogens (tertiary/aromatic N) is 1. The van der Waals surface area contributed by atoms with Crippen LogP contribution in [0.1, 0.15) is 40.2 Å². The lowest BCUT2D eigenvalue weighted by atomic mass is 9.87. The lowest BCUT2D eigenvalue weighted by molar-refractivity contribution is 0.330. The van der Waals surface area contributed by atoms with Crippen molar-refractivity contribution in [3.63, 3.8) is 0 Å². The third kappa shape index (κ3) is 4.39. The van der Waals surface area contributed by atoms with E-state index in [2.05, 4.69) is 70.1 Å². The van der Waals surface area contributed by atoms with E-state index < -0.39 is 0 Å². The van der Waals surface area contributed by atoms with Crippen molar-refractivity contribution in [3.05, 3.63) is 28.8 Å². The minimum absolute atomic E-state index is 0.240. The smallest absolute Gasteiger partial charge is 0.0471 e. The van der Waals surface area contributed by atoms with Crippen LogP contribution in [0, 0.1) is 5.41 Å². The average molecular weight is 283 g/mol. The molecule has 0 aliphatic heterocycles. The molecule has 2 nitrogen and oxygen atoms in total. The highest BCUT2D eigenvalue weighted by Crippen LogP contribution is 2.29. The minimum Gasteiger partial charge on any atom is -0.371 e. The number of hydrogen-bond donors (Lipinski definition) is 1. The van der Waals surface area contributed by atoms with Gasteiger partial charge in [-0.1, -0.05) is 45.4 Å². The Morgan fingerprint density at radius 3 is 2.42 bits per heavy atom. The second kappa shape index (κ2) is 6.62. The maximum Gasteiger partial charge on any atom is 0.0471 e. The lowest BCUT2D eigenvalue weighted by Crippen LogP contribution is -2.39. The molecule has 0 spiro atoms. The summed E-state index contributed by atoms with van der Waals surface area (Å²) in [6.45, 7) is 12.9. The van der Waals surface area contributed by atoms with E-state index in [0.29, 0.717) is 6.04 Å². The van der Waals surface area contributed by atoms with E-state index in [1.54, 1.807) is 0 Å². The van der Waals surface area contributed by atoms with E-state index >= 15 is 0 Å². The van der Waals surface area contributed by atoms with Crippen LogP contribution in [0.4, 0.5) is 5.69 Å². The van der Waals surface area contributed by atoms with Crippen LogP contribution in [0.5, 0.6) is 0 Å². The van der Waals surface area contributed by atoms with Gasteiger partial charge in [-0.3, -0.25) is 0 Å². The summed E-state index contributed by atoms with van der Waals surface area (Å²) in [6, 6.07) is 6.78. The van der Waals surface area contributed by atoms with E-state index in [-0.39, 0.29) is 5.41 Å². The van der Waals surface area contributed by atoms with Crippen LogP contribution in [-0.2, 0) is 6.54 Å². The van der Waals surface area contributed by atoms with Gasteiger partial charge in [0.05, 0.1) is 0 Å². The van der Waals surface area contributed by atoms with E-state index in [1.165, 1.54) is 5.69 Å². The highest BCUT2D eigenvalue weighted by molar-refractivity contribution is 6.31. The summed E-state index contributed by atoms with van der Waals surface area (Å²) in [4.78, 5) is 2.29. The first-order chi connectivity index (χ1) is 8.77. The average Bonchev–Trinajstić information content (AvgIpc) is 2.34. The van der Waals surface area contributed by atoms with Crippen molar-refractivity contribution in [1.82, 2.24) is 5.32 Å². The van der Waals surface area contributed by atoms with Crippen LogP contribution in [0.25, 0.3) is 0 Å². The number of nitrogens with one attached hydrogen (secondary N) is 1. The summed E-state index contributed by atoms with van der Waals surface area (Å²) in [6.07, 6.45) is 0. The van der Waals surface area contributed by atoms with Gasteiger partial charge < -0.3 is 10.2 Å². The van der Waals surface area contributed by atoms with E-state index in [1.807, 2.05) is 0 Å². The van der Waals surface area contributed by atoms with E-state index in [4.69, 9.17) is 11.6 Å². The van der Waals surface area contributed by atoms with Crippen molar-refractivity contribution in [2.45, 2.75) is 47.2 Å². The van der Waals surface area contributed by atoms with Gasteiger partial charge in [-0.15, -0.1) is 0 Å². The van der Waals surface area contributed by atoms with Crippen molar-refractivity contribution in [2.24, 2.45) is 5.41 Å². The zero-order valence-corrected chi connectivity index (χ0v) is 13.8. The Balaban J connectivity index is 2.88. The molecule has 0 heterocycles. The summed E-state index contributed by atoms with van der Waals surface area (Å²) in [7, 11) is 2.13. The fourth-order valence-corrected chi connectivity index (χ4v) is 2.20. The Labute approximate surface area is 123 Å². The van der Waals surface area contributed by atoms with Crippen LogP contribution < -0.4 is 10.2 Å². The fourth-order valence-electron chi connectivity index (χ4n) is 1.96. The van der Waals surface area contributed by atoms with Crippen molar-refractivity contribution in [3.8, 4) is 0 Å². The largest absolute Gasteiger partial charge is 0.371 e. The zero-order valence-electron chi connectivity index (χ0n) is 13.0. The van der Waals surface area contributed by atoms with Crippen molar-refractivity contribution in [1.29, 1.82) is 0 Å². The molecular weight excluding hydrogens is 256 g/mol. The molecule has 1 unspecified atom stereocenters. The molecule has 0 aliphatic rings. The number of benzene rings is 1. The van der Waals surface area contributed by atoms with Gasteiger partial charge in [-0.25, -0.2) is 0 Å². The topological polar surface area (TPSA) is 15.3 Å². The van der Waals surface area contributed by atoms with E-state index in [0.717, 1.165) is 23.7 Å². The van der Waals surface area contributed by atoms with Crippen LogP contribution in [-0.4, -0.2) is 19.6 Å². The third-order valence-corrected chi connectivity index (χ3v) is 4.20. The first-order valence-corrected chi connectivity index (χ1v) is 7.37. The third-order valence-electron chi connectivity index (χ3n) is 3.84. The summed E-state index contributed by atoms with van der Waals surface area (Å²) >= 11 is 6.36. The van der Waals surface area contributed by atoms with E-state index in [9.17, 15) is 0 Å². The minimum atomic E-state index is 0.240. The molecule has 1 aromatic rings. The Morgan fingerprint density at radius 1 is 1.32 bits per heavy atom. The van der Waals surface area contributed by atoms with Gasteiger partial charge in [0.1, 0.15) is 0 Å². The molecular formula is C16H27ClN2. The molecule has 1 atom stereocenters. The Kier molecular flexibility index (Phi) is 5.69. The molecule has 0 fully saturated rings. The van der Waals surface area contributed by atoms with Crippen LogP contribution in [0.15, 0.2) is 18.2 Å². The molecule has 1 aromatic carbocycles. The quantitative estimate of drug-likeness (QED) is 0.865. The zero-order chi connectivity index (χ0) is 14.6. The predicted octanol–water partition coefficient (Wildman–Crippen LogP) is 4.32. The van der Waals surface area contributed by atoms with Gasteiger partial charge in [-0.05, 0) is 36.6 Å². The van der Waals surface area contributed by atoms with Crippen LogP contribution in [0.3, 0.4) is 0 Å². The molecule has 0 amide bonds. The lowest BCUT2D eigenvalue weighted by Gasteiger charge is -2.37. The summed E-state index contributed by atoms with van der Waals surface area (Å²) in [5.41, 5.74) is 2.57. The second-order valence-electron chi connectivity index (χ2n) is 6.21. The molecule has 0 bridgehead atoms. The van der Waals surface area contributed by atoms with Gasteiger partial charge in [0.2, 0.25) is 0 Å². The standard InChI is InChI=1S/C16H27ClN2/c1-7-18-11-13-8-9-14(10-15(13)17)19(6)12(2)16(3,4)5/h8-10,12,18H,7,11H2,1-6H3. The van der Waals surface area contributed by atoms with Crippen LogP contribution in [0.2, 0.25) is 5.02 Å². The molecule has 19 heavy (non-hydrogen) atoms. The second-order valence-corrected chi connectivity index (χ2v) is 6.62. The predicted molar refractivity (Wildman–Crippen MR) is 86.2 cm³/mol. The monoisotopic (exact) mass is 282 g/mol. The Bertz CT molecular complexity index is 410. The first kappa shape index (κ1) is 16.3. The molecule has 1 N–H and O–H groups in total. The van der Waals surface area contributed by atoms with Crippen molar-refractivity contribution < 1.29 is 0 Å². The summed E-state index contributed by atoms with van der Waals surface area (Å²) in [5.74, 6) is 0. The molecule has 3 heteroatoms. The fraction of sp³-hybridized carbons (Fsp3) is 0.625. The first-order valence-electron chi connectivity index (χ1n) is 6.99. The molecule has 0 saturated carbocycles. The molecule has 0 aromatic heterocycles. The SMILES string of the molecule is CCNCc1ccc(N(C)C(C)C(C)(C)C)cc1Cl. The van der Waals surface area contributed by atoms with Gasteiger partial charge >= 0.3 is 0 Å². The Morgan fingerprint density at radius 2 is 1.95 bits per heavy atom. The Hall–Kier alpha value is -0.730. The molecule has 0 radical (unpaired) electrons. The highest BCUT2D eigenvalue weighted by Gasteiger charge is 2.24. The normalized spacial score (nSPS) is 13.4. The number of anilines is 1. The molecule has 1 rings (SSSR count). The highest BCUT2D eigenvalue weighted by atomic mass is 35.5. The van der Waals surface area contributed by atoms with Gasteiger partial charge in [0.15, 0.2) is 0 Å². The summed E-state index contributed by atoms with van der Waals surface area (Å²) < 4.78 is 0. The van der Waals surface area contributed by atoms with Crippen LogP contribution >= 0.6 is 11.6 Å². The molecule has 0 aliphatic carbocycles. The maximum absolute atomic E-state index is 6.36. The number of rotatable bonds is 5. The van der Waals surface area contributed by atoms with Crippen molar-refractivity contribution >= 4 is 17.3 Å². The van der Waals surface area contributed by atoms with Crippen molar-refractivity contribution in [2.75, 3.05) is 18.5 Å². The van der Waals surface area contributed by atoms with Gasteiger partial charge in [0.25, 0.3) is 0 Å². The molecule has 108 valence electrons. The number of hydrogen-bond acceptors (Lipinski definition) is 2.